The molecule has 632 valence electrons. The van der Waals surface area contributed by atoms with Crippen LogP contribution in [0.25, 0.3) is 110 Å². The van der Waals surface area contributed by atoms with E-state index in [1.165, 1.54) is 124 Å². The number of nitrogens with zero attached hydrogens (tertiary/aromatic N) is 4. The molecule has 8 N–H and O–H groups in total. The van der Waals surface area contributed by atoms with Crippen LogP contribution in [0.2, 0.25) is 0 Å². The normalized spacial score (nSPS) is 12.8. The predicted molar refractivity (Wildman–Crippen MR) is 434 cm³/mol. The molecular formula is C90H54F10N8O18. The number of carbonyl (C=O) groups is 4. The average molecular weight is 1730 g/mol. The zero-order chi connectivity index (χ0) is 88.6. The first-order chi connectivity index (χ1) is 60.4. The van der Waals surface area contributed by atoms with Gasteiger partial charge >= 0.3 is 36.5 Å². The maximum atomic E-state index is 14.4. The summed E-state index contributed by atoms with van der Waals surface area (Å²) in [5.74, 6) is -10.9. The van der Waals surface area contributed by atoms with Crippen molar-refractivity contribution < 1.29 is 111 Å². The molecule has 2 aliphatic rings. The Morgan fingerprint density at radius 2 is 0.619 bits per heavy atom. The maximum absolute atomic E-state index is 14.4. The van der Waals surface area contributed by atoms with Gasteiger partial charge in [-0.15, -0.1) is 17.6 Å². The lowest BCUT2D eigenvalue weighted by molar-refractivity contribution is -0.287. The number of aromatic carboxylic acids is 4. The predicted octanol–water partition coefficient (Wildman–Crippen LogP) is 17.9. The first-order valence-electron chi connectivity index (χ1n) is 37.4. The summed E-state index contributed by atoms with van der Waals surface area (Å²) in [5, 5.41) is 42.5. The summed E-state index contributed by atoms with van der Waals surface area (Å²) in [6.07, 6.45) is 0.587. The summed E-state index contributed by atoms with van der Waals surface area (Å²) in [5.41, 5.74) is -0.529. The number of hydrogen-bond donors (Lipinski definition) is 8. The SMILES string of the molecule is O=C(O)c1c(-c2ccc[nH]c2=O)c2c3c(ccc2n1Cc1cc(F)ccc1F)OC(F)(F)O3.O=C(O)c1c(-c2ccc[nH]c2=O)c2c3c(ccc2n1Cc1ccccc1F)OC(F)(F)O3.O=C(O)c1c(-c2ccc[nH]c2=O)c2c3ccoc3ccc2n1Cc1cc(F)ccc1F.O=C(O)c1c(-c2ccc[nH]c2=O)c2c3ccoc3ccc2n1Cc1ccccc1F. The van der Waals surface area contributed by atoms with Crippen molar-refractivity contribution in [1.29, 1.82) is 0 Å². The Morgan fingerprint density at radius 1 is 0.325 bits per heavy atom. The molecule has 2 aliphatic heterocycles. The minimum Gasteiger partial charge on any atom is -0.477 e. The van der Waals surface area contributed by atoms with Crippen LogP contribution in [0.3, 0.4) is 0 Å². The zero-order valence-electron chi connectivity index (χ0n) is 63.8. The lowest BCUT2D eigenvalue weighted by Gasteiger charge is -2.10. The number of rotatable bonds is 16. The number of fused-ring (bicyclic) bond motifs is 12. The monoisotopic (exact) mass is 1720 g/mol. The van der Waals surface area contributed by atoms with Crippen molar-refractivity contribution in [2.45, 2.75) is 38.8 Å². The highest BCUT2D eigenvalue weighted by atomic mass is 19.3. The van der Waals surface area contributed by atoms with Crippen molar-refractivity contribution in [1.82, 2.24) is 38.2 Å². The van der Waals surface area contributed by atoms with Gasteiger partial charge in [0.2, 0.25) is 0 Å². The number of furan rings is 2. The number of alkyl halides is 4. The lowest BCUT2D eigenvalue weighted by Crippen LogP contribution is -2.26. The molecule has 18 aromatic rings. The van der Waals surface area contributed by atoms with E-state index in [0.29, 0.717) is 49.3 Å². The van der Waals surface area contributed by atoms with E-state index in [-0.39, 0.29) is 131 Å². The fourth-order valence-corrected chi connectivity index (χ4v) is 15.8. The topological polar surface area (TPSA) is 364 Å². The third kappa shape index (κ3) is 14.7. The minimum atomic E-state index is -4.02. The highest BCUT2D eigenvalue weighted by molar-refractivity contribution is 6.20. The third-order valence-electron chi connectivity index (χ3n) is 20.9. The Labute approximate surface area is 695 Å². The molecule has 0 bridgehead atoms. The van der Waals surface area contributed by atoms with E-state index in [1.807, 2.05) is 0 Å². The van der Waals surface area contributed by atoms with Crippen LogP contribution in [0.5, 0.6) is 23.0 Å². The number of ether oxygens (including phenoxy) is 4. The van der Waals surface area contributed by atoms with Crippen LogP contribution in [0.4, 0.5) is 43.9 Å². The van der Waals surface area contributed by atoms with Gasteiger partial charge in [-0.1, -0.05) is 36.4 Å². The average Bonchev–Trinajstić information content (AvgIpc) is 1.58. The molecule has 0 fully saturated rings. The van der Waals surface area contributed by atoms with Crippen LogP contribution in [-0.4, -0.2) is 95.1 Å². The van der Waals surface area contributed by atoms with Crippen molar-refractivity contribution in [3.63, 3.8) is 0 Å². The summed E-state index contributed by atoms with van der Waals surface area (Å²) < 4.78 is 175. The summed E-state index contributed by atoms with van der Waals surface area (Å²) in [4.78, 5) is 110. The standard InChI is InChI=1S/C23H14F2N2O4.C23H15FN2O4.C22H12F4N2O5.C22H13F3N2O5/c24-13-3-4-16(25)12(10-13)11-27-17-5-6-18-14(7-9-31-18)19(17)20(21(27)23(29)30)15-2-1-8-26-22(15)28;24-16-6-2-1-4-13(16)12-26-17-7-8-18-14(9-11-30-18)19(17)20(21(26)23(28)29)15-5-3-10-25-22(15)27;23-11-3-4-13(24)10(8-11)9-28-14-5-6-15-19(33-22(25,26)32-15)17(14)16(18(28)21(30)31)12-2-1-7-27-20(12)29;23-13-6-2-1-4-11(13)10-27-14-7-8-15-19(32-22(24,25)31-15)17(14)16(18(27)21(29)30)12-5-3-9-26-20(12)28/h1-10H,11H2,(H,26,28)(H,29,30);1-11H,12H2,(H,25,27)(H,28,29);1-8H,9H2,(H,27,29)(H,30,31);1-9H,10H2,(H,26,28)(H,29,30). The molecule has 0 radical (unpaired) electrons. The lowest BCUT2D eigenvalue weighted by atomic mass is 10.0. The first-order valence-corrected chi connectivity index (χ1v) is 37.4. The van der Waals surface area contributed by atoms with Gasteiger partial charge in [-0.05, 0) is 158 Å². The molecule has 0 saturated heterocycles. The summed E-state index contributed by atoms with van der Waals surface area (Å²) in [6.45, 7) is -0.942. The van der Waals surface area contributed by atoms with Gasteiger partial charge in [-0.2, -0.15) is 0 Å². The Bertz CT molecular complexity index is 7820. The van der Waals surface area contributed by atoms with Gasteiger partial charge in [0.05, 0.1) is 93.8 Å². The van der Waals surface area contributed by atoms with Crippen molar-refractivity contribution >= 4 is 89.4 Å². The summed E-state index contributed by atoms with van der Waals surface area (Å²) in [6, 6.07) is 44.8. The molecule has 126 heavy (non-hydrogen) atoms. The molecular weight excluding hydrogens is 1670 g/mol. The Kier molecular flexibility index (Phi) is 20.7. The number of aromatic amines is 4. The van der Waals surface area contributed by atoms with E-state index >= 15 is 0 Å². The third-order valence-corrected chi connectivity index (χ3v) is 20.9. The van der Waals surface area contributed by atoms with Crippen molar-refractivity contribution in [3.05, 3.63) is 353 Å². The minimum absolute atomic E-state index is 0.00109. The van der Waals surface area contributed by atoms with E-state index in [2.05, 4.69) is 38.9 Å². The second-order valence-corrected chi connectivity index (χ2v) is 28.3. The number of halogens is 10. The maximum Gasteiger partial charge on any atom is 0.586 e. The van der Waals surface area contributed by atoms with Gasteiger partial charge in [0, 0.05) is 90.8 Å². The van der Waals surface area contributed by atoms with Gasteiger partial charge in [-0.25, -0.2) is 45.5 Å². The highest BCUT2D eigenvalue weighted by Gasteiger charge is 2.48. The molecule has 0 aliphatic carbocycles. The van der Waals surface area contributed by atoms with Crippen LogP contribution < -0.4 is 41.2 Å². The number of pyridine rings is 4. The summed E-state index contributed by atoms with van der Waals surface area (Å²) >= 11 is 0. The van der Waals surface area contributed by atoms with E-state index in [1.54, 1.807) is 78.9 Å². The van der Waals surface area contributed by atoms with E-state index < -0.39 is 117 Å². The first kappa shape index (κ1) is 81.5. The van der Waals surface area contributed by atoms with Crippen LogP contribution in [0.15, 0.2) is 259 Å². The zero-order valence-corrected chi connectivity index (χ0v) is 63.8. The fourth-order valence-electron chi connectivity index (χ4n) is 15.8. The fraction of sp³-hybridized carbons (Fsp3) is 0.0667. The van der Waals surface area contributed by atoms with Crippen LogP contribution in [0.1, 0.15) is 64.2 Å². The quantitative estimate of drug-likeness (QED) is 0.0417. The Balaban J connectivity index is 0.000000119. The molecule has 26 nitrogen and oxygen atoms in total. The molecule has 20 rings (SSSR count). The molecule has 12 heterocycles. The highest BCUT2D eigenvalue weighted by Crippen LogP contribution is 2.53. The molecule has 10 aromatic heterocycles. The summed E-state index contributed by atoms with van der Waals surface area (Å²) in [7, 11) is 0. The molecule has 0 atom stereocenters. The van der Waals surface area contributed by atoms with Crippen LogP contribution in [-0.2, 0) is 26.2 Å². The molecule has 0 spiro atoms. The number of carboxylic acids is 4. The smallest absolute Gasteiger partial charge is 0.477 e. The second-order valence-electron chi connectivity index (χ2n) is 28.3. The van der Waals surface area contributed by atoms with Gasteiger partial charge in [-0.3, -0.25) is 19.2 Å². The van der Waals surface area contributed by atoms with Gasteiger partial charge < -0.3 is 86.4 Å². The number of H-pyrrole nitrogens is 4. The largest absolute Gasteiger partial charge is 0.586 e. The number of hydrogen-bond acceptors (Lipinski definition) is 14. The van der Waals surface area contributed by atoms with Crippen LogP contribution in [0, 0.1) is 34.9 Å². The molecule has 8 aromatic carbocycles. The number of nitrogens with one attached hydrogen (secondary N) is 4. The molecule has 0 saturated carbocycles. The Hall–Kier alpha value is -16.8. The van der Waals surface area contributed by atoms with Crippen molar-refractivity contribution in [2.24, 2.45) is 0 Å². The molecule has 36 heteroatoms. The van der Waals surface area contributed by atoms with E-state index in [4.69, 9.17) is 8.83 Å². The van der Waals surface area contributed by atoms with Crippen molar-refractivity contribution in [2.75, 3.05) is 0 Å². The van der Waals surface area contributed by atoms with E-state index in [9.17, 15) is 103 Å². The number of benzene rings is 8. The molecule has 0 unspecified atom stereocenters. The Morgan fingerprint density at radius 3 is 0.937 bits per heavy atom. The van der Waals surface area contributed by atoms with E-state index in [0.717, 1.165) is 47.0 Å². The number of aromatic nitrogens is 8. The van der Waals surface area contributed by atoms with Gasteiger partial charge in [0.1, 0.15) is 68.8 Å². The van der Waals surface area contributed by atoms with Crippen molar-refractivity contribution in [3.8, 4) is 67.5 Å². The number of carboxylic acid groups (broad SMARTS) is 4. The van der Waals surface area contributed by atoms with Gasteiger partial charge in [0.25, 0.3) is 22.2 Å². The van der Waals surface area contributed by atoms with Gasteiger partial charge in [0.15, 0.2) is 23.0 Å². The van der Waals surface area contributed by atoms with Crippen LogP contribution >= 0.6 is 0 Å². The molecule has 0 amide bonds. The second kappa shape index (κ2) is 32.0.